The number of nitriles is 1. The fraction of sp³-hybridized carbons (Fsp3) is 0.231. The summed E-state index contributed by atoms with van der Waals surface area (Å²) >= 11 is 0. The van der Waals surface area contributed by atoms with Crippen LogP contribution in [0.4, 0.5) is 18.9 Å². The average Bonchev–Trinajstić information content (AvgIpc) is 2.76. The van der Waals surface area contributed by atoms with Gasteiger partial charge in [-0.05, 0) is 23.8 Å². The van der Waals surface area contributed by atoms with Crippen molar-refractivity contribution in [3.05, 3.63) is 47.5 Å². The molecule has 2 aromatic heterocycles. The van der Waals surface area contributed by atoms with Crippen LogP contribution >= 0.6 is 0 Å². The Labute approximate surface area is 113 Å². The van der Waals surface area contributed by atoms with Gasteiger partial charge in [-0.15, -0.1) is 0 Å². The van der Waals surface area contributed by atoms with Gasteiger partial charge in [0.05, 0.1) is 11.9 Å². The predicted molar refractivity (Wildman–Crippen MR) is 66.7 cm³/mol. The molecule has 0 fully saturated rings. The van der Waals surface area contributed by atoms with Gasteiger partial charge in [-0.3, -0.25) is 0 Å². The fourth-order valence-electron chi connectivity index (χ4n) is 1.71. The van der Waals surface area contributed by atoms with Gasteiger partial charge in [0.2, 0.25) is 0 Å². The molecule has 7 heteroatoms. The van der Waals surface area contributed by atoms with Crippen molar-refractivity contribution in [3.8, 4) is 6.07 Å². The monoisotopic (exact) mass is 280 g/mol. The first-order valence-corrected chi connectivity index (χ1v) is 5.72. The normalized spacial score (nSPS) is 11.2. The minimum atomic E-state index is -4.43. The third kappa shape index (κ3) is 3.09. The number of pyridine rings is 1. The lowest BCUT2D eigenvalue weighted by molar-refractivity contribution is -0.141. The molecule has 0 spiro atoms. The summed E-state index contributed by atoms with van der Waals surface area (Å²) in [6.45, 7) is 0.405. The average molecular weight is 280 g/mol. The third-order valence-electron chi connectivity index (χ3n) is 2.73. The molecule has 0 aliphatic rings. The molecular weight excluding hydrogens is 269 g/mol. The number of rotatable bonds is 3. The van der Waals surface area contributed by atoms with Crippen LogP contribution in [0.15, 0.2) is 30.6 Å². The molecule has 0 bridgehead atoms. The van der Waals surface area contributed by atoms with E-state index in [2.05, 4.69) is 10.3 Å². The first-order chi connectivity index (χ1) is 9.40. The molecule has 1 N–H and O–H groups in total. The zero-order chi connectivity index (χ0) is 14.8. The largest absolute Gasteiger partial charge is 0.433 e. The summed E-state index contributed by atoms with van der Waals surface area (Å²) in [5, 5.41) is 11.8. The maximum atomic E-state index is 12.3. The summed E-state index contributed by atoms with van der Waals surface area (Å²) in [6.07, 6.45) is -1.51. The standard InChI is InChI=1S/C13H11F3N4/c1-20-8-9(4-11(20)5-17)6-18-10-2-3-12(19-7-10)13(14,15)16/h2-4,7-8,18H,6H2,1H3. The van der Waals surface area contributed by atoms with Gasteiger partial charge in [-0.1, -0.05) is 0 Å². The molecule has 4 nitrogen and oxygen atoms in total. The lowest BCUT2D eigenvalue weighted by Gasteiger charge is -2.08. The zero-order valence-corrected chi connectivity index (χ0v) is 10.6. The Kier molecular flexibility index (Phi) is 3.66. The summed E-state index contributed by atoms with van der Waals surface area (Å²) in [4.78, 5) is 3.36. The van der Waals surface area contributed by atoms with E-state index in [-0.39, 0.29) is 0 Å². The first kappa shape index (κ1) is 13.9. The maximum Gasteiger partial charge on any atom is 0.433 e. The van der Waals surface area contributed by atoms with Crippen molar-refractivity contribution >= 4 is 5.69 Å². The Morgan fingerprint density at radius 1 is 1.40 bits per heavy atom. The highest BCUT2D eigenvalue weighted by Crippen LogP contribution is 2.27. The maximum absolute atomic E-state index is 12.3. The Hall–Kier alpha value is -2.49. The number of alkyl halides is 3. The molecule has 2 aromatic rings. The van der Waals surface area contributed by atoms with Crippen molar-refractivity contribution in [2.24, 2.45) is 7.05 Å². The Bertz CT molecular complexity index is 635. The highest BCUT2D eigenvalue weighted by atomic mass is 19.4. The topological polar surface area (TPSA) is 53.6 Å². The van der Waals surface area contributed by atoms with Crippen LogP contribution in [-0.2, 0) is 19.8 Å². The van der Waals surface area contributed by atoms with Gasteiger partial charge in [0, 0.05) is 19.8 Å². The quantitative estimate of drug-likeness (QED) is 0.940. The molecule has 0 atom stereocenters. The van der Waals surface area contributed by atoms with E-state index in [1.807, 2.05) is 6.07 Å². The second kappa shape index (κ2) is 5.25. The molecule has 0 saturated carbocycles. The third-order valence-corrected chi connectivity index (χ3v) is 2.73. The Morgan fingerprint density at radius 3 is 2.65 bits per heavy atom. The molecule has 0 aliphatic heterocycles. The number of halogens is 3. The van der Waals surface area contributed by atoms with Gasteiger partial charge in [-0.25, -0.2) is 4.98 Å². The molecule has 0 amide bonds. The van der Waals surface area contributed by atoms with Gasteiger partial charge in [0.1, 0.15) is 17.5 Å². The summed E-state index contributed by atoms with van der Waals surface area (Å²) in [7, 11) is 1.75. The summed E-state index contributed by atoms with van der Waals surface area (Å²) in [5.74, 6) is 0. The number of nitrogens with zero attached hydrogens (tertiary/aromatic N) is 3. The molecule has 2 rings (SSSR count). The second-order valence-electron chi connectivity index (χ2n) is 4.24. The highest BCUT2D eigenvalue weighted by molar-refractivity contribution is 5.42. The van der Waals surface area contributed by atoms with Gasteiger partial charge in [0.25, 0.3) is 0 Å². The van der Waals surface area contributed by atoms with Crippen LogP contribution in [0.5, 0.6) is 0 Å². The zero-order valence-electron chi connectivity index (χ0n) is 10.6. The summed E-state index contributed by atoms with van der Waals surface area (Å²) < 4.78 is 38.7. The second-order valence-corrected chi connectivity index (χ2v) is 4.24. The number of nitrogens with one attached hydrogen (secondary N) is 1. The van der Waals surface area contributed by atoms with Crippen molar-refractivity contribution < 1.29 is 13.2 Å². The number of hydrogen-bond acceptors (Lipinski definition) is 3. The van der Waals surface area contributed by atoms with E-state index in [0.29, 0.717) is 17.9 Å². The molecule has 0 unspecified atom stereocenters. The number of hydrogen-bond donors (Lipinski definition) is 1. The van der Waals surface area contributed by atoms with Gasteiger partial charge >= 0.3 is 6.18 Å². The molecular formula is C13H11F3N4. The van der Waals surface area contributed by atoms with Crippen LogP contribution < -0.4 is 5.32 Å². The van der Waals surface area contributed by atoms with Crippen LogP contribution in [0, 0.1) is 11.3 Å². The van der Waals surface area contributed by atoms with Crippen molar-refractivity contribution in [2.75, 3.05) is 5.32 Å². The van der Waals surface area contributed by atoms with Crippen molar-refractivity contribution in [1.82, 2.24) is 9.55 Å². The van der Waals surface area contributed by atoms with Gasteiger partial charge < -0.3 is 9.88 Å². The Balaban J connectivity index is 2.02. The van der Waals surface area contributed by atoms with Crippen LogP contribution in [0.25, 0.3) is 0 Å². The molecule has 0 aromatic carbocycles. The van der Waals surface area contributed by atoms with Crippen molar-refractivity contribution in [2.45, 2.75) is 12.7 Å². The molecule has 2 heterocycles. The van der Waals surface area contributed by atoms with E-state index in [0.717, 1.165) is 17.8 Å². The minimum Gasteiger partial charge on any atom is -0.380 e. The Morgan fingerprint density at radius 2 is 2.15 bits per heavy atom. The van der Waals surface area contributed by atoms with Crippen LogP contribution in [0.2, 0.25) is 0 Å². The summed E-state index contributed by atoms with van der Waals surface area (Å²) in [5.41, 5.74) is 0.950. The van der Waals surface area contributed by atoms with Crippen LogP contribution in [-0.4, -0.2) is 9.55 Å². The fourth-order valence-corrected chi connectivity index (χ4v) is 1.71. The molecule has 0 saturated heterocycles. The molecule has 20 heavy (non-hydrogen) atoms. The molecule has 104 valence electrons. The molecule has 0 radical (unpaired) electrons. The van der Waals surface area contributed by atoms with E-state index < -0.39 is 11.9 Å². The van der Waals surface area contributed by atoms with E-state index in [1.54, 1.807) is 23.9 Å². The van der Waals surface area contributed by atoms with E-state index in [1.165, 1.54) is 6.07 Å². The van der Waals surface area contributed by atoms with Crippen LogP contribution in [0.3, 0.4) is 0 Å². The molecule has 0 aliphatic carbocycles. The minimum absolute atomic E-state index is 0.405. The lowest BCUT2D eigenvalue weighted by Crippen LogP contribution is -2.08. The van der Waals surface area contributed by atoms with Gasteiger partial charge in [0.15, 0.2) is 0 Å². The van der Waals surface area contributed by atoms with E-state index in [9.17, 15) is 13.2 Å². The predicted octanol–water partition coefficient (Wildman–Crippen LogP) is 2.92. The smallest absolute Gasteiger partial charge is 0.380 e. The van der Waals surface area contributed by atoms with Crippen LogP contribution in [0.1, 0.15) is 17.0 Å². The van der Waals surface area contributed by atoms with E-state index >= 15 is 0 Å². The van der Waals surface area contributed by atoms with E-state index in [4.69, 9.17) is 5.26 Å². The lowest BCUT2D eigenvalue weighted by atomic mass is 10.3. The number of aromatic nitrogens is 2. The number of anilines is 1. The van der Waals surface area contributed by atoms with Crippen molar-refractivity contribution in [1.29, 1.82) is 5.26 Å². The number of aryl methyl sites for hydroxylation is 1. The summed E-state index contributed by atoms with van der Waals surface area (Å²) in [6, 6.07) is 6.00. The van der Waals surface area contributed by atoms with Gasteiger partial charge in [-0.2, -0.15) is 18.4 Å². The first-order valence-electron chi connectivity index (χ1n) is 5.72. The van der Waals surface area contributed by atoms with Crippen molar-refractivity contribution in [3.63, 3.8) is 0 Å². The SMILES string of the molecule is Cn1cc(CNc2ccc(C(F)(F)F)nc2)cc1C#N. The highest BCUT2D eigenvalue weighted by Gasteiger charge is 2.31.